The van der Waals surface area contributed by atoms with E-state index in [-0.39, 0.29) is 5.41 Å². The molecule has 0 radical (unpaired) electrons. The second kappa shape index (κ2) is 28.7. The molecule has 0 N–H and O–H groups in total. The molecule has 4 aromatic heterocycles. The molecule has 0 amide bonds. The van der Waals surface area contributed by atoms with Crippen LogP contribution in [0.2, 0.25) is 0 Å². The lowest BCUT2D eigenvalue weighted by atomic mass is 9.83. The zero-order chi connectivity index (χ0) is 81.4. The van der Waals surface area contributed by atoms with E-state index in [0.29, 0.717) is 0 Å². The first-order chi connectivity index (χ1) is 60.0. The molecule has 0 saturated heterocycles. The summed E-state index contributed by atoms with van der Waals surface area (Å²) < 4.78 is 25.7. The molecule has 0 atom stereocenters. The third kappa shape index (κ3) is 12.0. The first kappa shape index (κ1) is 71.9. The van der Waals surface area contributed by atoms with Crippen LogP contribution in [0.4, 0.5) is 0 Å². The lowest BCUT2D eigenvalue weighted by Crippen LogP contribution is -2.10. The monoisotopic (exact) mass is 1560 g/mol. The van der Waals surface area contributed by atoms with Crippen LogP contribution in [0.1, 0.15) is 37.5 Å². The van der Waals surface area contributed by atoms with Crippen molar-refractivity contribution >= 4 is 163 Å². The van der Waals surface area contributed by atoms with Gasteiger partial charge in [0.15, 0.2) is 0 Å². The minimum Gasteiger partial charge on any atom is -0.456 e. The summed E-state index contributed by atoms with van der Waals surface area (Å²) in [4.78, 5) is 0. The fourth-order valence-electron chi connectivity index (χ4n) is 19.8. The average molecular weight is 1560 g/mol. The van der Waals surface area contributed by atoms with Gasteiger partial charge in [0, 0.05) is 54.2 Å². The van der Waals surface area contributed by atoms with Crippen molar-refractivity contribution in [3.05, 3.63) is 411 Å². The number of rotatable bonds is 7. The predicted octanol–water partition coefficient (Wildman–Crippen LogP) is 34.3. The van der Waals surface area contributed by atoms with Gasteiger partial charge in [-0.2, -0.15) is 0 Å². The summed E-state index contributed by atoms with van der Waals surface area (Å²) in [6.07, 6.45) is 0. The Bertz CT molecular complexity index is 8390. The van der Waals surface area contributed by atoms with E-state index in [1.54, 1.807) is 0 Å². The Balaban J connectivity index is 0.000000107. The van der Waals surface area contributed by atoms with Crippen molar-refractivity contribution in [2.45, 2.75) is 40.0 Å². The highest BCUT2D eigenvalue weighted by molar-refractivity contribution is 6.27. The van der Waals surface area contributed by atoms with Gasteiger partial charge >= 0.3 is 0 Å². The molecule has 122 heavy (non-hydrogen) atoms. The van der Waals surface area contributed by atoms with Gasteiger partial charge in [0.05, 0.1) is 0 Å². The van der Waals surface area contributed by atoms with Gasteiger partial charge in [0.2, 0.25) is 0 Å². The van der Waals surface area contributed by atoms with Gasteiger partial charge in [-0.05, 0) is 234 Å². The maximum absolute atomic E-state index is 6.64. The molecule has 4 heteroatoms. The van der Waals surface area contributed by atoms with Crippen LogP contribution in [0.15, 0.2) is 412 Å². The Kier molecular flexibility index (Phi) is 16.9. The Morgan fingerprint density at radius 3 is 0.852 bits per heavy atom. The quantitative estimate of drug-likeness (QED) is 0.149. The van der Waals surface area contributed by atoms with E-state index in [2.05, 4.69) is 393 Å². The molecule has 0 spiro atoms. The third-order valence-corrected chi connectivity index (χ3v) is 25.2. The molecule has 21 aromatic carbocycles. The SMILES string of the molecule is CC(C)(C)c1ccc(-c2c3ccccc3c(-c3ccc4c(c3)oc3cc(-c5cccc6ccccc56)ccc34)c3ccccc23)cc1.Cc1cc(C)cc(-c2c3ccccc3c(-c3ccc4c(c3)oc3ccccc34)c3ccccc23)c1.c1ccc2c(c1)oc1cc(-c3c4ccccc4c(-c4cccc5c4oc4ccccc45)c4ccccc34)ccc12. The van der Waals surface area contributed by atoms with Gasteiger partial charge in [-0.25, -0.2) is 0 Å². The van der Waals surface area contributed by atoms with Gasteiger partial charge in [0.25, 0.3) is 0 Å². The summed E-state index contributed by atoms with van der Waals surface area (Å²) in [6.45, 7) is 11.2. The average Bonchev–Trinajstić information content (AvgIpc) is 1.07. The summed E-state index contributed by atoms with van der Waals surface area (Å²) >= 11 is 0. The highest BCUT2D eigenvalue weighted by Gasteiger charge is 2.25. The second-order valence-electron chi connectivity index (χ2n) is 33.7. The maximum Gasteiger partial charge on any atom is 0.143 e. The van der Waals surface area contributed by atoms with Crippen molar-refractivity contribution < 1.29 is 17.7 Å². The maximum atomic E-state index is 6.64. The van der Waals surface area contributed by atoms with Crippen molar-refractivity contribution in [2.24, 2.45) is 0 Å². The summed E-state index contributed by atoms with van der Waals surface area (Å²) in [6, 6.07) is 142. The topological polar surface area (TPSA) is 52.6 Å². The van der Waals surface area contributed by atoms with Gasteiger partial charge < -0.3 is 17.7 Å². The van der Waals surface area contributed by atoms with Crippen molar-refractivity contribution in [2.75, 3.05) is 0 Å². The molecule has 576 valence electrons. The Morgan fingerprint density at radius 1 is 0.172 bits per heavy atom. The third-order valence-electron chi connectivity index (χ3n) is 25.2. The lowest BCUT2D eigenvalue weighted by molar-refractivity contribution is 0.590. The lowest BCUT2D eigenvalue weighted by Gasteiger charge is -2.21. The largest absolute Gasteiger partial charge is 0.456 e. The van der Waals surface area contributed by atoms with Crippen LogP contribution >= 0.6 is 0 Å². The Labute approximate surface area is 705 Å². The van der Waals surface area contributed by atoms with Gasteiger partial charge in [-0.3, -0.25) is 0 Å². The van der Waals surface area contributed by atoms with E-state index >= 15 is 0 Å². The number of hydrogen-bond acceptors (Lipinski definition) is 4. The molecule has 0 unspecified atom stereocenters. The summed E-state index contributed by atoms with van der Waals surface area (Å²) in [5.74, 6) is 0. The summed E-state index contributed by atoms with van der Waals surface area (Å²) in [5, 5.41) is 26.6. The van der Waals surface area contributed by atoms with E-state index in [9.17, 15) is 0 Å². The van der Waals surface area contributed by atoms with E-state index < -0.39 is 0 Å². The number of hydrogen-bond donors (Lipinski definition) is 0. The van der Waals surface area contributed by atoms with Crippen molar-refractivity contribution in [1.29, 1.82) is 0 Å². The number of aryl methyl sites for hydroxylation is 2. The van der Waals surface area contributed by atoms with Crippen LogP contribution in [0.3, 0.4) is 0 Å². The van der Waals surface area contributed by atoms with Gasteiger partial charge in [0.1, 0.15) is 44.7 Å². The molecular formula is C118H80O4. The first-order valence-corrected chi connectivity index (χ1v) is 42.2. The molecule has 25 rings (SSSR count). The minimum absolute atomic E-state index is 0.110. The molecule has 0 fully saturated rings. The fourth-order valence-corrected chi connectivity index (χ4v) is 19.8. The number of para-hydroxylation sites is 4. The standard InChI is InChI=1S/C46H34O.C38H22O2.C34H24O/c1-46(2,3)33-23-19-30(20-24-33)44-38-14-6-8-16-40(38)45(41-17-9-7-15-39(41)44)32-22-26-37-36-25-21-31(27-42(36)47-43(37)28-32)35-18-10-12-29-11-4-5-13-34(29)35;1-3-14-29-27(12-1)36(23-20-21-26-24-10-5-7-18-33(24)39-35(26)22-23)28-13-2-4-15-30(28)37(29)32-17-9-16-31-25-11-6-8-19-34(25)40-38(31)32;1-21-17-22(2)19-24(18-21)34-29-12-5-3-10-27(29)33(28-11-4-6-13-30(28)34)23-15-16-26-25-9-7-8-14-31(25)35-32(26)20-23/h4-28H,1-3H3;1-22H;3-20H,1-2H3. The molecule has 0 aliphatic rings. The van der Waals surface area contributed by atoms with Crippen molar-refractivity contribution in [3.8, 4) is 77.9 Å². The zero-order valence-corrected chi connectivity index (χ0v) is 68.2. The molecule has 0 aliphatic heterocycles. The smallest absolute Gasteiger partial charge is 0.143 e. The molecule has 25 aromatic rings. The summed E-state index contributed by atoms with van der Waals surface area (Å²) in [5.41, 5.74) is 28.3. The molecule has 0 aliphatic carbocycles. The van der Waals surface area contributed by atoms with Crippen LogP contribution in [0, 0.1) is 13.8 Å². The van der Waals surface area contributed by atoms with E-state index in [4.69, 9.17) is 17.7 Å². The Hall–Kier alpha value is -15.4. The molecule has 0 saturated carbocycles. The number of furan rings is 4. The number of benzene rings is 21. The van der Waals surface area contributed by atoms with Crippen molar-refractivity contribution in [1.82, 2.24) is 0 Å². The van der Waals surface area contributed by atoms with E-state index in [1.165, 1.54) is 148 Å². The molecule has 0 bridgehead atoms. The highest BCUT2D eigenvalue weighted by Crippen LogP contribution is 2.51. The predicted molar refractivity (Wildman–Crippen MR) is 517 cm³/mol. The van der Waals surface area contributed by atoms with Crippen LogP contribution in [-0.2, 0) is 5.41 Å². The molecule has 4 nitrogen and oxygen atoms in total. The Morgan fingerprint density at radius 2 is 0.443 bits per heavy atom. The fraction of sp³-hybridized carbons (Fsp3) is 0.0508. The van der Waals surface area contributed by atoms with Crippen molar-refractivity contribution in [3.63, 3.8) is 0 Å². The van der Waals surface area contributed by atoms with Gasteiger partial charge in [-0.15, -0.1) is 0 Å². The van der Waals surface area contributed by atoms with Gasteiger partial charge in [-0.1, -0.05) is 359 Å². The highest BCUT2D eigenvalue weighted by atomic mass is 16.3. The van der Waals surface area contributed by atoms with E-state index in [1.807, 2.05) is 36.4 Å². The molecule has 4 heterocycles. The zero-order valence-electron chi connectivity index (χ0n) is 68.2. The minimum atomic E-state index is 0.110. The normalized spacial score (nSPS) is 12.0. The first-order valence-electron chi connectivity index (χ1n) is 42.2. The number of fused-ring (bicyclic) bond motifs is 19. The van der Waals surface area contributed by atoms with Crippen LogP contribution in [0.5, 0.6) is 0 Å². The van der Waals surface area contributed by atoms with E-state index in [0.717, 1.165) is 110 Å². The van der Waals surface area contributed by atoms with Crippen LogP contribution in [0.25, 0.3) is 241 Å². The summed E-state index contributed by atoms with van der Waals surface area (Å²) in [7, 11) is 0. The van der Waals surface area contributed by atoms with Crippen LogP contribution in [-0.4, -0.2) is 0 Å². The molecular weight excluding hydrogens is 1480 g/mol. The van der Waals surface area contributed by atoms with Crippen LogP contribution < -0.4 is 0 Å². The second-order valence-corrected chi connectivity index (χ2v) is 33.7.